The molecule has 1 saturated carbocycles. The Morgan fingerprint density at radius 3 is 2.71 bits per heavy atom. The predicted molar refractivity (Wildman–Crippen MR) is 95.5 cm³/mol. The summed E-state index contributed by atoms with van der Waals surface area (Å²) >= 11 is 0. The Morgan fingerprint density at radius 1 is 1.08 bits per heavy atom. The molecule has 0 radical (unpaired) electrons. The number of piperidine rings is 1. The summed E-state index contributed by atoms with van der Waals surface area (Å²) in [4.78, 5) is 18.2. The fraction of sp³-hybridized carbons (Fsp3) is 0.611. The van der Waals surface area contributed by atoms with Gasteiger partial charge in [0.15, 0.2) is 11.6 Å². The monoisotopic (exact) mass is 326 g/mol. The lowest BCUT2D eigenvalue weighted by molar-refractivity contribution is 0.461. The van der Waals surface area contributed by atoms with Gasteiger partial charge in [0.1, 0.15) is 5.82 Å². The smallest absolute Gasteiger partial charge is 0.171 e. The molecule has 2 aliphatic rings. The van der Waals surface area contributed by atoms with Gasteiger partial charge in [0.2, 0.25) is 0 Å². The number of rotatable bonds is 5. The molecule has 2 aromatic rings. The van der Waals surface area contributed by atoms with E-state index in [0.29, 0.717) is 5.92 Å². The van der Waals surface area contributed by atoms with Gasteiger partial charge < -0.3 is 14.4 Å². The highest BCUT2D eigenvalue weighted by Gasteiger charge is 2.29. The third-order valence-electron chi connectivity index (χ3n) is 5.07. The molecule has 1 aliphatic heterocycles. The average molecular weight is 326 g/mol. The van der Waals surface area contributed by atoms with Crippen LogP contribution in [0.5, 0.6) is 0 Å². The van der Waals surface area contributed by atoms with Crippen molar-refractivity contribution in [1.29, 1.82) is 0 Å². The van der Waals surface area contributed by atoms with Crippen molar-refractivity contribution in [3.8, 4) is 0 Å². The standard InChI is InChI=1S/C18H26N6/c1-22(2)17-18(20-8-7-19-17)23-10-3-4-15(13-23)16-21-9-11-24(16)12-14-5-6-14/h7-9,11,14-15H,3-6,10,12-13H2,1-2H3/t15-/m1/s1. The van der Waals surface area contributed by atoms with Crippen molar-refractivity contribution in [2.24, 2.45) is 5.92 Å². The van der Waals surface area contributed by atoms with Crippen molar-refractivity contribution in [2.45, 2.75) is 38.1 Å². The molecule has 2 fully saturated rings. The molecular formula is C18H26N6. The maximum absolute atomic E-state index is 4.70. The lowest BCUT2D eigenvalue weighted by Crippen LogP contribution is -2.37. The summed E-state index contributed by atoms with van der Waals surface area (Å²) in [6.45, 7) is 3.15. The van der Waals surface area contributed by atoms with Crippen LogP contribution in [0.3, 0.4) is 0 Å². The van der Waals surface area contributed by atoms with Crippen LogP contribution in [-0.2, 0) is 6.54 Å². The summed E-state index contributed by atoms with van der Waals surface area (Å²) in [5, 5.41) is 0. The maximum atomic E-state index is 4.70. The Labute approximate surface area is 143 Å². The van der Waals surface area contributed by atoms with E-state index in [2.05, 4.69) is 25.6 Å². The van der Waals surface area contributed by atoms with E-state index >= 15 is 0 Å². The Bertz CT molecular complexity index is 690. The Morgan fingerprint density at radius 2 is 1.92 bits per heavy atom. The van der Waals surface area contributed by atoms with Crippen LogP contribution in [0.4, 0.5) is 11.6 Å². The van der Waals surface area contributed by atoms with E-state index in [9.17, 15) is 0 Å². The van der Waals surface area contributed by atoms with Gasteiger partial charge in [0.25, 0.3) is 0 Å². The Kier molecular flexibility index (Phi) is 4.12. The summed E-state index contributed by atoms with van der Waals surface area (Å²) in [7, 11) is 4.05. The van der Waals surface area contributed by atoms with Gasteiger partial charge in [0.05, 0.1) is 0 Å². The molecule has 0 bridgehead atoms. The van der Waals surface area contributed by atoms with E-state index < -0.39 is 0 Å². The number of hydrogen-bond donors (Lipinski definition) is 0. The van der Waals surface area contributed by atoms with Crippen LogP contribution >= 0.6 is 0 Å². The first-order chi connectivity index (χ1) is 11.7. The van der Waals surface area contributed by atoms with E-state index in [1.807, 2.05) is 25.2 Å². The zero-order valence-corrected chi connectivity index (χ0v) is 14.6. The van der Waals surface area contributed by atoms with Gasteiger partial charge in [-0.2, -0.15) is 0 Å². The van der Waals surface area contributed by atoms with Crippen LogP contribution in [0.25, 0.3) is 0 Å². The van der Waals surface area contributed by atoms with Crippen LogP contribution in [0, 0.1) is 5.92 Å². The minimum atomic E-state index is 0.476. The number of hydrogen-bond acceptors (Lipinski definition) is 5. The second-order valence-electron chi connectivity index (χ2n) is 7.26. The minimum absolute atomic E-state index is 0.476. The lowest BCUT2D eigenvalue weighted by atomic mass is 9.97. The number of aromatic nitrogens is 4. The SMILES string of the molecule is CN(C)c1nccnc1N1CCC[C@@H](c2nccn2CC2CC2)C1. The van der Waals surface area contributed by atoms with Crippen molar-refractivity contribution >= 4 is 11.6 Å². The number of anilines is 2. The van der Waals surface area contributed by atoms with Gasteiger partial charge in [-0.15, -0.1) is 0 Å². The molecule has 1 atom stereocenters. The normalized spacial score (nSPS) is 21.1. The van der Waals surface area contributed by atoms with Crippen LogP contribution in [0.15, 0.2) is 24.8 Å². The third kappa shape index (κ3) is 3.09. The van der Waals surface area contributed by atoms with Crippen molar-refractivity contribution < 1.29 is 0 Å². The fourth-order valence-electron chi connectivity index (χ4n) is 3.66. The van der Waals surface area contributed by atoms with Gasteiger partial charge >= 0.3 is 0 Å². The molecule has 0 spiro atoms. The lowest BCUT2D eigenvalue weighted by Gasteiger charge is -2.34. The van der Waals surface area contributed by atoms with Crippen molar-refractivity contribution in [3.63, 3.8) is 0 Å². The Hall–Kier alpha value is -2.11. The van der Waals surface area contributed by atoms with Crippen LogP contribution in [-0.4, -0.2) is 46.7 Å². The van der Waals surface area contributed by atoms with E-state index in [1.54, 1.807) is 12.4 Å². The van der Waals surface area contributed by atoms with Gasteiger partial charge in [-0.3, -0.25) is 0 Å². The van der Waals surface area contributed by atoms with Crippen molar-refractivity contribution in [2.75, 3.05) is 37.0 Å². The second kappa shape index (κ2) is 6.42. The molecule has 4 rings (SSSR count). The molecule has 0 amide bonds. The summed E-state index contributed by atoms with van der Waals surface area (Å²) in [5.41, 5.74) is 0. The van der Waals surface area contributed by atoms with E-state index in [-0.39, 0.29) is 0 Å². The average Bonchev–Trinajstić information content (AvgIpc) is 3.30. The number of imidazole rings is 1. The first-order valence-corrected chi connectivity index (χ1v) is 8.96. The molecule has 0 N–H and O–H groups in total. The van der Waals surface area contributed by atoms with Gasteiger partial charge in [-0.25, -0.2) is 15.0 Å². The summed E-state index contributed by atoms with van der Waals surface area (Å²) in [5.74, 6) is 4.54. The van der Waals surface area contributed by atoms with Crippen molar-refractivity contribution in [3.05, 3.63) is 30.6 Å². The van der Waals surface area contributed by atoms with Crippen molar-refractivity contribution in [1.82, 2.24) is 19.5 Å². The molecular weight excluding hydrogens is 300 g/mol. The van der Waals surface area contributed by atoms with Crippen LogP contribution < -0.4 is 9.80 Å². The molecule has 24 heavy (non-hydrogen) atoms. The van der Waals surface area contributed by atoms with Gasteiger partial charge in [-0.05, 0) is 31.6 Å². The molecule has 1 saturated heterocycles. The zero-order chi connectivity index (χ0) is 16.5. The third-order valence-corrected chi connectivity index (χ3v) is 5.07. The molecule has 6 heteroatoms. The van der Waals surface area contributed by atoms with E-state index in [0.717, 1.165) is 37.2 Å². The zero-order valence-electron chi connectivity index (χ0n) is 14.6. The fourth-order valence-corrected chi connectivity index (χ4v) is 3.66. The molecule has 0 unspecified atom stereocenters. The van der Waals surface area contributed by atoms with Gasteiger partial charge in [0, 0.05) is 64.4 Å². The largest absolute Gasteiger partial charge is 0.360 e. The quantitative estimate of drug-likeness (QED) is 0.845. The highest BCUT2D eigenvalue weighted by molar-refractivity contribution is 5.61. The summed E-state index contributed by atoms with van der Waals surface area (Å²) < 4.78 is 2.38. The van der Waals surface area contributed by atoms with E-state index in [1.165, 1.54) is 31.5 Å². The van der Waals surface area contributed by atoms with E-state index in [4.69, 9.17) is 4.98 Å². The first-order valence-electron chi connectivity index (χ1n) is 8.96. The summed E-state index contributed by atoms with van der Waals surface area (Å²) in [6, 6.07) is 0. The minimum Gasteiger partial charge on any atom is -0.360 e. The van der Waals surface area contributed by atoms with Gasteiger partial charge in [-0.1, -0.05) is 0 Å². The molecule has 1 aliphatic carbocycles. The molecule has 128 valence electrons. The molecule has 3 heterocycles. The number of nitrogens with zero attached hydrogens (tertiary/aromatic N) is 6. The van der Waals surface area contributed by atoms with Crippen LogP contribution in [0.2, 0.25) is 0 Å². The molecule has 2 aromatic heterocycles. The highest BCUT2D eigenvalue weighted by Crippen LogP contribution is 2.34. The first kappa shape index (κ1) is 15.4. The topological polar surface area (TPSA) is 50.1 Å². The molecule has 0 aromatic carbocycles. The second-order valence-corrected chi connectivity index (χ2v) is 7.26. The highest BCUT2D eigenvalue weighted by atomic mass is 15.3. The van der Waals surface area contributed by atoms with Crippen LogP contribution in [0.1, 0.15) is 37.4 Å². The Balaban J connectivity index is 1.55. The summed E-state index contributed by atoms with van der Waals surface area (Å²) in [6.07, 6.45) is 12.8. The predicted octanol–water partition coefficient (Wildman–Crippen LogP) is 2.53. The molecule has 6 nitrogen and oxygen atoms in total. The maximum Gasteiger partial charge on any atom is 0.171 e.